The van der Waals surface area contributed by atoms with Gasteiger partial charge in [0.15, 0.2) is 11.9 Å². The zero-order valence-corrected chi connectivity index (χ0v) is 21.5. The summed E-state index contributed by atoms with van der Waals surface area (Å²) in [5, 5.41) is 13.5. The van der Waals surface area contributed by atoms with Gasteiger partial charge in [-0.15, -0.1) is 0 Å². The molecule has 34 heavy (non-hydrogen) atoms. The summed E-state index contributed by atoms with van der Waals surface area (Å²) >= 11 is 0. The number of hydrogen-bond donors (Lipinski definition) is 2. The molecule has 2 aromatic carbocycles. The molecule has 2 rings (SSSR count). The maximum atomic E-state index is 12.4. The molecule has 0 heterocycles. The van der Waals surface area contributed by atoms with Gasteiger partial charge in [0.2, 0.25) is 0 Å². The molecule has 1 unspecified atom stereocenters. The topological polar surface area (TPSA) is 92.7 Å². The zero-order chi connectivity index (χ0) is 25.8. The van der Waals surface area contributed by atoms with E-state index in [-0.39, 0.29) is 23.0 Å². The van der Waals surface area contributed by atoms with Crippen molar-refractivity contribution in [1.82, 2.24) is 0 Å². The molecular formula is C28H37NO5. The molecular weight excluding hydrogens is 430 g/mol. The number of ketones is 1. The highest BCUT2D eigenvalue weighted by atomic mass is 16.5. The van der Waals surface area contributed by atoms with Crippen molar-refractivity contribution >= 4 is 23.3 Å². The van der Waals surface area contributed by atoms with Crippen LogP contribution in [0.2, 0.25) is 0 Å². The van der Waals surface area contributed by atoms with Crippen molar-refractivity contribution in [1.29, 1.82) is 0 Å². The Balaban J connectivity index is 2.03. The average molecular weight is 468 g/mol. The third kappa shape index (κ3) is 7.17. The summed E-state index contributed by atoms with van der Waals surface area (Å²) in [6, 6.07) is 10.4. The van der Waals surface area contributed by atoms with E-state index in [9.17, 15) is 19.5 Å². The van der Waals surface area contributed by atoms with Gasteiger partial charge in [-0.1, -0.05) is 53.7 Å². The number of anilines is 1. The number of carbonyl (C=O) groups is 3. The van der Waals surface area contributed by atoms with Crippen LogP contribution >= 0.6 is 0 Å². The normalized spacial score (nSPS) is 12.7. The third-order valence-corrected chi connectivity index (χ3v) is 5.64. The maximum Gasteiger partial charge on any atom is 0.306 e. The first-order valence-electron chi connectivity index (χ1n) is 11.6. The van der Waals surface area contributed by atoms with E-state index in [1.54, 1.807) is 24.3 Å². The van der Waals surface area contributed by atoms with Gasteiger partial charge >= 0.3 is 5.97 Å². The summed E-state index contributed by atoms with van der Waals surface area (Å²) in [4.78, 5) is 36.2. The standard InChI is InChI=1S/C28H37NO5/c1-17(30)20-10-12-21(13-11-20)29-26(33)18(2)34-24(31)14-9-19-15-22(27(3,4)5)25(32)23(16-19)28(6,7)8/h10-13,15-16,18,32H,9,14H2,1-8H3,(H,29,33). The van der Waals surface area contributed by atoms with Crippen LogP contribution < -0.4 is 5.32 Å². The average Bonchev–Trinajstić information content (AvgIpc) is 2.71. The Labute approximate surface area is 202 Å². The van der Waals surface area contributed by atoms with Gasteiger partial charge in [-0.3, -0.25) is 14.4 Å². The van der Waals surface area contributed by atoms with Gasteiger partial charge in [-0.05, 0) is 72.1 Å². The van der Waals surface area contributed by atoms with Gasteiger partial charge < -0.3 is 15.2 Å². The van der Waals surface area contributed by atoms with E-state index < -0.39 is 18.0 Å². The summed E-state index contributed by atoms with van der Waals surface area (Å²) in [5.41, 5.74) is 3.18. The molecule has 1 atom stereocenters. The van der Waals surface area contributed by atoms with Crippen LogP contribution in [0.1, 0.15) is 88.9 Å². The van der Waals surface area contributed by atoms with Crippen molar-refractivity contribution < 1.29 is 24.2 Å². The van der Waals surface area contributed by atoms with Crippen LogP contribution in [-0.4, -0.2) is 28.9 Å². The number of amides is 1. The number of rotatable bonds is 7. The Morgan fingerprint density at radius 2 is 1.44 bits per heavy atom. The number of phenols is 1. The minimum atomic E-state index is -0.963. The number of esters is 1. The molecule has 0 aromatic heterocycles. The minimum Gasteiger partial charge on any atom is -0.507 e. The summed E-state index contributed by atoms with van der Waals surface area (Å²) in [5.74, 6) is -0.679. The molecule has 0 fully saturated rings. The Hall–Kier alpha value is -3.15. The number of aryl methyl sites for hydroxylation is 1. The molecule has 0 aliphatic rings. The summed E-state index contributed by atoms with van der Waals surface area (Å²) in [7, 11) is 0. The predicted molar refractivity (Wildman–Crippen MR) is 134 cm³/mol. The van der Waals surface area contributed by atoms with Crippen LogP contribution in [0.5, 0.6) is 5.75 Å². The number of benzene rings is 2. The second-order valence-corrected chi connectivity index (χ2v) is 10.8. The SMILES string of the molecule is CC(=O)c1ccc(NC(=O)C(C)OC(=O)CCc2cc(C(C)(C)C)c(O)c(C(C)(C)C)c2)cc1. The molecule has 6 nitrogen and oxygen atoms in total. The molecule has 0 spiro atoms. The molecule has 184 valence electrons. The Morgan fingerprint density at radius 3 is 1.88 bits per heavy atom. The van der Waals surface area contributed by atoms with Gasteiger partial charge in [-0.25, -0.2) is 0 Å². The van der Waals surface area contributed by atoms with Crippen LogP contribution in [0.25, 0.3) is 0 Å². The number of ether oxygens (including phenoxy) is 1. The molecule has 0 aliphatic carbocycles. The molecule has 6 heteroatoms. The number of carbonyl (C=O) groups excluding carboxylic acids is 3. The van der Waals surface area contributed by atoms with Crippen LogP contribution in [0.15, 0.2) is 36.4 Å². The van der Waals surface area contributed by atoms with Gasteiger partial charge in [0.25, 0.3) is 5.91 Å². The van der Waals surface area contributed by atoms with Crippen LogP contribution in [0, 0.1) is 0 Å². The Kier molecular flexibility index (Phi) is 8.30. The summed E-state index contributed by atoms with van der Waals surface area (Å²) in [6.07, 6.45) is -0.412. The largest absolute Gasteiger partial charge is 0.507 e. The molecule has 0 saturated heterocycles. The first-order valence-corrected chi connectivity index (χ1v) is 11.6. The lowest BCUT2D eigenvalue weighted by Crippen LogP contribution is -2.30. The molecule has 1 amide bonds. The fourth-order valence-electron chi connectivity index (χ4n) is 3.57. The lowest BCUT2D eigenvalue weighted by molar-refractivity contribution is -0.153. The smallest absolute Gasteiger partial charge is 0.306 e. The van der Waals surface area contributed by atoms with Crippen molar-refractivity contribution in [2.75, 3.05) is 5.32 Å². The summed E-state index contributed by atoms with van der Waals surface area (Å²) < 4.78 is 5.33. The van der Waals surface area contributed by atoms with Crippen molar-refractivity contribution in [3.63, 3.8) is 0 Å². The fourth-order valence-corrected chi connectivity index (χ4v) is 3.57. The number of Topliss-reactive ketones (excluding diaryl/α,β-unsaturated/α-hetero) is 1. The first-order chi connectivity index (χ1) is 15.6. The van der Waals surface area contributed by atoms with Gasteiger partial charge in [0.05, 0.1) is 0 Å². The molecule has 0 saturated carbocycles. The van der Waals surface area contributed by atoms with Crippen molar-refractivity contribution in [3.8, 4) is 5.75 Å². The van der Waals surface area contributed by atoms with Crippen LogP contribution in [0.3, 0.4) is 0 Å². The molecule has 0 aliphatic heterocycles. The van der Waals surface area contributed by atoms with Gasteiger partial charge in [-0.2, -0.15) is 0 Å². The first kappa shape index (κ1) is 27.1. The third-order valence-electron chi connectivity index (χ3n) is 5.64. The highest BCUT2D eigenvalue weighted by Crippen LogP contribution is 2.40. The molecule has 0 bridgehead atoms. The van der Waals surface area contributed by atoms with E-state index in [1.165, 1.54) is 13.8 Å². The van der Waals surface area contributed by atoms with Crippen molar-refractivity contribution in [2.45, 2.75) is 85.2 Å². The second kappa shape index (κ2) is 10.4. The number of nitrogens with one attached hydrogen (secondary N) is 1. The van der Waals surface area contributed by atoms with Gasteiger partial charge in [0, 0.05) is 17.7 Å². The summed E-state index contributed by atoms with van der Waals surface area (Å²) in [6.45, 7) is 15.2. The zero-order valence-electron chi connectivity index (χ0n) is 21.5. The Morgan fingerprint density at radius 1 is 0.941 bits per heavy atom. The number of phenolic OH excluding ortho intramolecular Hbond substituents is 1. The van der Waals surface area contributed by atoms with Crippen molar-refractivity contribution in [2.24, 2.45) is 0 Å². The molecule has 0 radical (unpaired) electrons. The van der Waals surface area contributed by atoms with E-state index in [0.717, 1.165) is 16.7 Å². The van der Waals surface area contributed by atoms with Crippen molar-refractivity contribution in [3.05, 3.63) is 58.7 Å². The predicted octanol–water partition coefficient (Wildman–Crippen LogP) is 5.69. The van der Waals surface area contributed by atoms with E-state index >= 15 is 0 Å². The highest BCUT2D eigenvalue weighted by molar-refractivity contribution is 5.97. The monoisotopic (exact) mass is 467 g/mol. The fraction of sp³-hybridized carbons (Fsp3) is 0.464. The second-order valence-electron chi connectivity index (χ2n) is 10.8. The van der Waals surface area contributed by atoms with Crippen LogP contribution in [-0.2, 0) is 31.6 Å². The maximum absolute atomic E-state index is 12.4. The molecule has 2 aromatic rings. The Bertz CT molecular complexity index is 1020. The minimum absolute atomic E-state index is 0.0574. The van der Waals surface area contributed by atoms with E-state index in [2.05, 4.69) is 5.32 Å². The molecule has 2 N–H and O–H groups in total. The lowest BCUT2D eigenvalue weighted by Gasteiger charge is -2.28. The van der Waals surface area contributed by atoms with E-state index in [4.69, 9.17) is 4.74 Å². The lowest BCUT2D eigenvalue weighted by atomic mass is 9.78. The van der Waals surface area contributed by atoms with Gasteiger partial charge in [0.1, 0.15) is 5.75 Å². The highest BCUT2D eigenvalue weighted by Gasteiger charge is 2.27. The number of hydrogen-bond acceptors (Lipinski definition) is 5. The number of aromatic hydroxyl groups is 1. The van der Waals surface area contributed by atoms with E-state index in [1.807, 2.05) is 53.7 Å². The van der Waals surface area contributed by atoms with Crippen LogP contribution in [0.4, 0.5) is 5.69 Å². The quantitative estimate of drug-likeness (QED) is 0.403. The van der Waals surface area contributed by atoms with E-state index in [0.29, 0.717) is 23.4 Å².